The van der Waals surface area contributed by atoms with Gasteiger partial charge in [-0.25, -0.2) is 13.2 Å². The van der Waals surface area contributed by atoms with Crippen LogP contribution in [0.3, 0.4) is 0 Å². The van der Waals surface area contributed by atoms with E-state index < -0.39 is 29.3 Å². The number of hydrogen-bond acceptors (Lipinski definition) is 2. The van der Waals surface area contributed by atoms with Gasteiger partial charge in [-0.05, 0) is 47.9 Å². The summed E-state index contributed by atoms with van der Waals surface area (Å²) in [4.78, 5) is 26.0. The molecule has 8 heteroatoms. The number of aromatic nitrogens is 1. The number of amides is 2. The summed E-state index contributed by atoms with van der Waals surface area (Å²) < 4.78 is 41.3. The quantitative estimate of drug-likeness (QED) is 0.564. The van der Waals surface area contributed by atoms with Gasteiger partial charge in [0.15, 0.2) is 0 Å². The fourth-order valence-corrected chi connectivity index (χ4v) is 3.17. The standard InChI is InChI=1S/C21H20F3N3O2/c1-11(21(25)29)8-18(28)26-7-6-15-16-9-14(23)10-17(24)20(16)27-19(15)12-2-4-13(22)5-3-12/h2-5,9-11,27H,6-8H2,1H3,(H2,25,29)(H,26,28). The number of aromatic amines is 1. The molecule has 0 aliphatic carbocycles. The Morgan fingerprint density at radius 1 is 1.10 bits per heavy atom. The van der Waals surface area contributed by atoms with Gasteiger partial charge in [-0.2, -0.15) is 0 Å². The lowest BCUT2D eigenvalue weighted by Crippen LogP contribution is -2.31. The van der Waals surface area contributed by atoms with Crippen LogP contribution in [0.25, 0.3) is 22.2 Å². The van der Waals surface area contributed by atoms with Crippen molar-refractivity contribution in [3.8, 4) is 11.3 Å². The van der Waals surface area contributed by atoms with Crippen molar-refractivity contribution < 1.29 is 22.8 Å². The van der Waals surface area contributed by atoms with Gasteiger partial charge in [0.05, 0.1) is 5.52 Å². The molecule has 152 valence electrons. The van der Waals surface area contributed by atoms with Gasteiger partial charge in [0.2, 0.25) is 11.8 Å². The van der Waals surface area contributed by atoms with Crippen molar-refractivity contribution in [2.45, 2.75) is 19.8 Å². The zero-order valence-corrected chi connectivity index (χ0v) is 15.7. The second-order valence-electron chi connectivity index (χ2n) is 6.90. The molecule has 0 saturated heterocycles. The molecule has 1 heterocycles. The highest BCUT2D eigenvalue weighted by Crippen LogP contribution is 2.32. The third-order valence-electron chi connectivity index (χ3n) is 4.74. The fourth-order valence-electron chi connectivity index (χ4n) is 3.17. The number of nitrogens with one attached hydrogen (secondary N) is 2. The van der Waals surface area contributed by atoms with Gasteiger partial charge in [0, 0.05) is 36.0 Å². The lowest BCUT2D eigenvalue weighted by atomic mass is 10.0. The van der Waals surface area contributed by atoms with Crippen molar-refractivity contribution in [2.24, 2.45) is 11.7 Å². The van der Waals surface area contributed by atoms with E-state index in [1.165, 1.54) is 30.3 Å². The van der Waals surface area contributed by atoms with E-state index in [0.717, 1.165) is 6.07 Å². The van der Waals surface area contributed by atoms with E-state index in [4.69, 9.17) is 5.73 Å². The minimum atomic E-state index is -0.742. The Labute approximate surface area is 165 Å². The first kappa shape index (κ1) is 20.4. The van der Waals surface area contributed by atoms with Crippen molar-refractivity contribution in [1.82, 2.24) is 10.3 Å². The van der Waals surface area contributed by atoms with Crippen LogP contribution in [0.2, 0.25) is 0 Å². The lowest BCUT2D eigenvalue weighted by molar-refractivity contribution is -0.127. The van der Waals surface area contributed by atoms with Crippen molar-refractivity contribution in [2.75, 3.05) is 6.54 Å². The summed E-state index contributed by atoms with van der Waals surface area (Å²) in [7, 11) is 0. The van der Waals surface area contributed by atoms with Crippen molar-refractivity contribution in [3.63, 3.8) is 0 Å². The molecular weight excluding hydrogens is 383 g/mol. The average Bonchev–Trinajstić information content (AvgIpc) is 3.01. The summed E-state index contributed by atoms with van der Waals surface area (Å²) in [6.45, 7) is 1.74. The third-order valence-corrected chi connectivity index (χ3v) is 4.74. The van der Waals surface area contributed by atoms with Gasteiger partial charge < -0.3 is 16.0 Å². The third kappa shape index (κ3) is 4.59. The van der Waals surface area contributed by atoms with E-state index in [1.54, 1.807) is 6.92 Å². The number of carbonyl (C=O) groups is 2. The smallest absolute Gasteiger partial charge is 0.220 e. The zero-order valence-electron chi connectivity index (χ0n) is 15.7. The van der Waals surface area contributed by atoms with E-state index >= 15 is 0 Å². The maximum absolute atomic E-state index is 14.2. The molecule has 3 rings (SSSR count). The van der Waals surface area contributed by atoms with E-state index in [1.807, 2.05) is 0 Å². The molecule has 0 spiro atoms. The molecule has 4 N–H and O–H groups in total. The largest absolute Gasteiger partial charge is 0.369 e. The zero-order chi connectivity index (χ0) is 21.1. The molecule has 0 fully saturated rings. The molecule has 0 bridgehead atoms. The predicted octanol–water partition coefficient (Wildman–Crippen LogP) is 3.42. The highest BCUT2D eigenvalue weighted by Gasteiger charge is 2.18. The Morgan fingerprint density at radius 3 is 2.45 bits per heavy atom. The summed E-state index contributed by atoms with van der Waals surface area (Å²) in [5.74, 6) is -3.40. The van der Waals surface area contributed by atoms with E-state index in [2.05, 4.69) is 10.3 Å². The first-order valence-electron chi connectivity index (χ1n) is 9.07. The lowest BCUT2D eigenvalue weighted by Gasteiger charge is -2.09. The Bertz CT molecular complexity index is 1060. The molecule has 5 nitrogen and oxygen atoms in total. The fraction of sp³-hybridized carbons (Fsp3) is 0.238. The maximum Gasteiger partial charge on any atom is 0.220 e. The van der Waals surface area contributed by atoms with Crippen molar-refractivity contribution in [1.29, 1.82) is 0 Å². The van der Waals surface area contributed by atoms with Crippen molar-refractivity contribution in [3.05, 3.63) is 59.4 Å². The number of H-pyrrole nitrogens is 1. The van der Waals surface area contributed by atoms with Crippen LogP contribution in [0.15, 0.2) is 36.4 Å². The highest BCUT2D eigenvalue weighted by atomic mass is 19.1. The molecule has 2 amide bonds. The van der Waals surface area contributed by atoms with Crippen LogP contribution in [-0.2, 0) is 16.0 Å². The summed E-state index contributed by atoms with van der Waals surface area (Å²) in [6, 6.07) is 7.61. The number of carbonyl (C=O) groups excluding carboxylic acids is 2. The molecule has 2 aromatic carbocycles. The average molecular weight is 403 g/mol. The van der Waals surface area contributed by atoms with E-state index in [9.17, 15) is 22.8 Å². The molecule has 0 saturated carbocycles. The molecule has 0 aliphatic heterocycles. The molecule has 0 radical (unpaired) electrons. The maximum atomic E-state index is 14.2. The number of halogens is 3. The second-order valence-corrected chi connectivity index (χ2v) is 6.90. The Morgan fingerprint density at radius 2 is 1.79 bits per heavy atom. The van der Waals surface area contributed by atoms with Gasteiger partial charge in [-0.15, -0.1) is 0 Å². The first-order valence-corrected chi connectivity index (χ1v) is 9.07. The van der Waals surface area contributed by atoms with Crippen LogP contribution in [0.5, 0.6) is 0 Å². The molecule has 1 aromatic heterocycles. The topological polar surface area (TPSA) is 88.0 Å². The number of hydrogen-bond donors (Lipinski definition) is 3. The van der Waals surface area contributed by atoms with Gasteiger partial charge in [0.1, 0.15) is 17.5 Å². The normalized spacial score (nSPS) is 12.1. The van der Waals surface area contributed by atoms with E-state index in [0.29, 0.717) is 22.2 Å². The minimum absolute atomic E-state index is 0.0444. The number of rotatable bonds is 7. The number of benzene rings is 2. The molecular formula is C21H20F3N3O2. The van der Waals surface area contributed by atoms with E-state index in [-0.39, 0.29) is 30.8 Å². The van der Waals surface area contributed by atoms with Gasteiger partial charge >= 0.3 is 0 Å². The summed E-state index contributed by atoms with van der Waals surface area (Å²) in [5.41, 5.74) is 7.00. The van der Waals surface area contributed by atoms with Gasteiger partial charge in [0.25, 0.3) is 0 Å². The Kier molecular flexibility index (Phi) is 5.91. The molecule has 1 unspecified atom stereocenters. The first-order chi connectivity index (χ1) is 13.8. The Balaban J connectivity index is 1.88. The van der Waals surface area contributed by atoms with Gasteiger partial charge in [-0.3, -0.25) is 9.59 Å². The number of primary amides is 1. The van der Waals surface area contributed by atoms with Crippen LogP contribution in [-0.4, -0.2) is 23.3 Å². The summed E-state index contributed by atoms with van der Waals surface area (Å²) in [6.07, 6.45) is 0.226. The summed E-state index contributed by atoms with van der Waals surface area (Å²) >= 11 is 0. The van der Waals surface area contributed by atoms with Crippen LogP contribution < -0.4 is 11.1 Å². The SMILES string of the molecule is CC(CC(=O)NCCc1c(-c2ccc(F)cc2)[nH]c2c(F)cc(F)cc12)C(N)=O. The van der Waals surface area contributed by atoms with Crippen LogP contribution in [0.4, 0.5) is 13.2 Å². The van der Waals surface area contributed by atoms with Crippen LogP contribution in [0.1, 0.15) is 18.9 Å². The summed E-state index contributed by atoms with van der Waals surface area (Å²) in [5, 5.41) is 3.03. The van der Waals surface area contributed by atoms with Crippen molar-refractivity contribution >= 4 is 22.7 Å². The van der Waals surface area contributed by atoms with Gasteiger partial charge in [-0.1, -0.05) is 6.92 Å². The molecule has 3 aromatic rings. The van der Waals surface area contributed by atoms with Crippen LogP contribution >= 0.6 is 0 Å². The molecule has 1 atom stereocenters. The minimum Gasteiger partial charge on any atom is -0.369 e. The monoisotopic (exact) mass is 403 g/mol. The number of nitrogens with two attached hydrogens (primary N) is 1. The Hall–Kier alpha value is -3.29. The molecule has 0 aliphatic rings. The van der Waals surface area contributed by atoms with Crippen LogP contribution in [0, 0.1) is 23.4 Å². The number of fused-ring (bicyclic) bond motifs is 1. The molecule has 29 heavy (non-hydrogen) atoms. The highest BCUT2D eigenvalue weighted by molar-refractivity contribution is 5.91. The second kappa shape index (κ2) is 8.38. The predicted molar refractivity (Wildman–Crippen MR) is 103 cm³/mol.